The highest BCUT2D eigenvalue weighted by atomic mass is 35.5. The van der Waals surface area contributed by atoms with Gasteiger partial charge in [0, 0.05) is 42.7 Å². The Labute approximate surface area is 161 Å². The molecule has 0 saturated carbocycles. The summed E-state index contributed by atoms with van der Waals surface area (Å²) in [5, 5.41) is 1.00. The summed E-state index contributed by atoms with van der Waals surface area (Å²) in [6, 6.07) is 12.3. The van der Waals surface area contributed by atoms with Gasteiger partial charge in [0.25, 0.3) is 0 Å². The Morgan fingerprint density at radius 2 is 1.67 bits per heavy atom. The van der Waals surface area contributed by atoms with E-state index in [2.05, 4.69) is 4.72 Å². The van der Waals surface area contributed by atoms with Crippen molar-refractivity contribution in [2.75, 3.05) is 19.0 Å². The molecule has 27 heavy (non-hydrogen) atoms. The molecule has 3 aromatic rings. The molecule has 4 nitrogen and oxygen atoms in total. The van der Waals surface area contributed by atoms with E-state index in [4.69, 9.17) is 11.6 Å². The van der Waals surface area contributed by atoms with Crippen LogP contribution in [0.15, 0.2) is 53.4 Å². The van der Waals surface area contributed by atoms with E-state index < -0.39 is 33.8 Å². The minimum Gasteiger partial charge on any atom is -0.377 e. The summed E-state index contributed by atoms with van der Waals surface area (Å²) >= 11 is 5.65. The average molecular weight is 411 g/mol. The van der Waals surface area contributed by atoms with Crippen molar-refractivity contribution in [3.8, 4) is 0 Å². The largest absolute Gasteiger partial charge is 0.377 e. The zero-order valence-corrected chi connectivity index (χ0v) is 16.2. The highest BCUT2D eigenvalue weighted by Crippen LogP contribution is 2.30. The molecular formula is C19H17ClF2N2O2S. The smallest absolute Gasteiger partial charge is 0.241 e. The second-order valence-electron chi connectivity index (χ2n) is 6.17. The Balaban J connectivity index is 2.02. The summed E-state index contributed by atoms with van der Waals surface area (Å²) < 4.78 is 55.8. The number of rotatable bonds is 5. The average Bonchev–Trinajstić information content (AvgIpc) is 2.63. The summed E-state index contributed by atoms with van der Waals surface area (Å²) in [6.45, 7) is -0.551. The Morgan fingerprint density at radius 3 is 2.37 bits per heavy atom. The molecule has 3 aromatic carbocycles. The quantitative estimate of drug-likeness (QED) is 0.637. The summed E-state index contributed by atoms with van der Waals surface area (Å²) in [6.07, 6.45) is 0. The van der Waals surface area contributed by atoms with Gasteiger partial charge in [-0.05, 0) is 24.3 Å². The van der Waals surface area contributed by atoms with Crippen molar-refractivity contribution in [2.24, 2.45) is 0 Å². The fourth-order valence-electron chi connectivity index (χ4n) is 2.86. The SMILES string of the molecule is CN(C)c1cccc2c(S(=O)(=O)NCc3c(F)ccc(Cl)c3F)cccc12. The van der Waals surface area contributed by atoms with Crippen LogP contribution in [0.25, 0.3) is 10.8 Å². The second kappa shape index (κ2) is 7.42. The minimum absolute atomic E-state index is 0.0338. The van der Waals surface area contributed by atoms with Crippen molar-refractivity contribution in [3.05, 3.63) is 70.8 Å². The van der Waals surface area contributed by atoms with Gasteiger partial charge in [-0.15, -0.1) is 0 Å². The van der Waals surface area contributed by atoms with E-state index in [-0.39, 0.29) is 9.92 Å². The zero-order valence-electron chi connectivity index (χ0n) is 14.6. The predicted molar refractivity (Wildman–Crippen MR) is 104 cm³/mol. The monoisotopic (exact) mass is 410 g/mol. The van der Waals surface area contributed by atoms with Crippen molar-refractivity contribution in [1.82, 2.24) is 4.72 Å². The number of sulfonamides is 1. The number of fused-ring (bicyclic) bond motifs is 1. The maximum atomic E-state index is 14.0. The number of hydrogen-bond acceptors (Lipinski definition) is 3. The maximum Gasteiger partial charge on any atom is 0.241 e. The Hall–Kier alpha value is -2.22. The molecule has 0 fully saturated rings. The van der Waals surface area contributed by atoms with Crippen LogP contribution in [0.2, 0.25) is 5.02 Å². The molecule has 3 rings (SSSR count). The number of benzene rings is 3. The van der Waals surface area contributed by atoms with E-state index in [1.807, 2.05) is 31.1 Å². The van der Waals surface area contributed by atoms with Crippen LogP contribution in [0.5, 0.6) is 0 Å². The maximum absolute atomic E-state index is 14.0. The summed E-state index contributed by atoms with van der Waals surface area (Å²) in [5.74, 6) is -1.85. The van der Waals surface area contributed by atoms with Gasteiger partial charge in [-0.1, -0.05) is 35.9 Å². The van der Waals surface area contributed by atoms with Crippen LogP contribution in [-0.4, -0.2) is 22.5 Å². The third kappa shape index (κ3) is 3.76. The van der Waals surface area contributed by atoms with Crippen LogP contribution >= 0.6 is 11.6 Å². The van der Waals surface area contributed by atoms with Crippen LogP contribution in [0.4, 0.5) is 14.5 Å². The number of anilines is 1. The Kier molecular flexibility index (Phi) is 5.37. The van der Waals surface area contributed by atoms with E-state index in [9.17, 15) is 17.2 Å². The fourth-order valence-corrected chi connectivity index (χ4v) is 4.26. The second-order valence-corrected chi connectivity index (χ2v) is 8.31. The molecule has 0 unspecified atom stereocenters. The molecule has 0 aromatic heterocycles. The first-order chi connectivity index (χ1) is 12.7. The molecule has 0 aliphatic heterocycles. The Bertz CT molecular complexity index is 1120. The zero-order chi connectivity index (χ0) is 19.8. The van der Waals surface area contributed by atoms with Crippen LogP contribution in [0.3, 0.4) is 0 Å². The fraction of sp³-hybridized carbons (Fsp3) is 0.158. The lowest BCUT2D eigenvalue weighted by Crippen LogP contribution is -2.24. The number of nitrogens with zero attached hydrogens (tertiary/aromatic N) is 1. The molecule has 0 aliphatic rings. The van der Waals surface area contributed by atoms with E-state index in [0.29, 0.717) is 5.39 Å². The molecular weight excluding hydrogens is 394 g/mol. The van der Waals surface area contributed by atoms with Gasteiger partial charge in [0.15, 0.2) is 0 Å². The van der Waals surface area contributed by atoms with Crippen molar-refractivity contribution in [3.63, 3.8) is 0 Å². The minimum atomic E-state index is -4.02. The van der Waals surface area contributed by atoms with Crippen LogP contribution < -0.4 is 9.62 Å². The van der Waals surface area contributed by atoms with E-state index >= 15 is 0 Å². The van der Waals surface area contributed by atoms with E-state index in [1.165, 1.54) is 6.07 Å². The summed E-state index contributed by atoms with van der Waals surface area (Å²) in [4.78, 5) is 1.91. The van der Waals surface area contributed by atoms with Crippen molar-refractivity contribution >= 4 is 38.1 Å². The van der Waals surface area contributed by atoms with E-state index in [1.54, 1.807) is 18.2 Å². The van der Waals surface area contributed by atoms with E-state index in [0.717, 1.165) is 23.2 Å². The van der Waals surface area contributed by atoms with Crippen LogP contribution in [-0.2, 0) is 16.6 Å². The number of halogens is 3. The molecule has 0 spiro atoms. The van der Waals surface area contributed by atoms with Crippen LogP contribution in [0, 0.1) is 11.6 Å². The molecule has 0 atom stereocenters. The molecule has 0 amide bonds. The standard InChI is InChI=1S/C19H17ClF2N2O2S/c1-24(2)17-7-3-6-13-12(17)5-4-8-18(13)27(25,26)23-11-14-16(21)10-9-15(20)19(14)22/h3-10,23H,11H2,1-2H3. The number of nitrogens with one attached hydrogen (secondary N) is 1. The first-order valence-electron chi connectivity index (χ1n) is 8.03. The molecule has 0 saturated heterocycles. The summed E-state index contributed by atoms with van der Waals surface area (Å²) in [7, 11) is -0.299. The van der Waals surface area contributed by atoms with Gasteiger partial charge in [0.05, 0.1) is 9.92 Å². The van der Waals surface area contributed by atoms with Gasteiger partial charge in [0.2, 0.25) is 10.0 Å². The first kappa shape index (κ1) is 19.5. The molecule has 1 N–H and O–H groups in total. The normalized spacial score (nSPS) is 11.7. The molecule has 8 heteroatoms. The van der Waals surface area contributed by atoms with Crippen LogP contribution in [0.1, 0.15) is 5.56 Å². The predicted octanol–water partition coefficient (Wildman–Crippen LogP) is 4.32. The highest BCUT2D eigenvalue weighted by molar-refractivity contribution is 7.89. The van der Waals surface area contributed by atoms with Gasteiger partial charge >= 0.3 is 0 Å². The van der Waals surface area contributed by atoms with Gasteiger partial charge < -0.3 is 4.90 Å². The highest BCUT2D eigenvalue weighted by Gasteiger charge is 2.21. The molecule has 0 heterocycles. The molecule has 142 valence electrons. The lowest BCUT2D eigenvalue weighted by atomic mass is 10.1. The van der Waals surface area contributed by atoms with Gasteiger partial charge in [0.1, 0.15) is 11.6 Å². The molecule has 0 radical (unpaired) electrons. The lowest BCUT2D eigenvalue weighted by molar-refractivity contribution is 0.545. The van der Waals surface area contributed by atoms with Gasteiger partial charge in [-0.3, -0.25) is 0 Å². The van der Waals surface area contributed by atoms with Gasteiger partial charge in [-0.25, -0.2) is 21.9 Å². The van der Waals surface area contributed by atoms with Crippen molar-refractivity contribution in [2.45, 2.75) is 11.4 Å². The first-order valence-corrected chi connectivity index (χ1v) is 9.89. The van der Waals surface area contributed by atoms with Gasteiger partial charge in [-0.2, -0.15) is 0 Å². The van der Waals surface area contributed by atoms with Crippen molar-refractivity contribution < 1.29 is 17.2 Å². The van der Waals surface area contributed by atoms with Crippen molar-refractivity contribution in [1.29, 1.82) is 0 Å². The Morgan fingerprint density at radius 1 is 1.00 bits per heavy atom. The topological polar surface area (TPSA) is 49.4 Å². The number of hydrogen-bond donors (Lipinski definition) is 1. The molecule has 0 bridgehead atoms. The third-order valence-corrected chi connectivity index (χ3v) is 5.96. The lowest BCUT2D eigenvalue weighted by Gasteiger charge is -2.17. The summed E-state index contributed by atoms with van der Waals surface area (Å²) in [5.41, 5.74) is 0.428. The molecule has 0 aliphatic carbocycles. The third-order valence-electron chi connectivity index (χ3n) is 4.21.